The molecule has 0 saturated heterocycles. The molecule has 3 heterocycles. The van der Waals surface area contributed by atoms with Gasteiger partial charge in [-0.2, -0.15) is 4.99 Å². The Balaban J connectivity index is 1.46. The van der Waals surface area contributed by atoms with Gasteiger partial charge in [-0.05, 0) is 38.7 Å². The number of amidine groups is 1. The highest BCUT2D eigenvalue weighted by Crippen LogP contribution is 2.36. The van der Waals surface area contributed by atoms with Crippen molar-refractivity contribution in [2.75, 3.05) is 0 Å². The molecule has 0 fully saturated rings. The first kappa shape index (κ1) is 24.5. The Bertz CT molecular complexity index is 972. The van der Waals surface area contributed by atoms with Gasteiger partial charge in [0.1, 0.15) is 17.8 Å². The number of carboxylic acids is 2. The van der Waals surface area contributed by atoms with Crippen LogP contribution < -0.4 is 16.4 Å². The van der Waals surface area contributed by atoms with E-state index in [0.717, 1.165) is 25.0 Å². The molecule has 0 saturated carbocycles. The third-order valence-electron chi connectivity index (χ3n) is 5.53. The highest BCUT2D eigenvalue weighted by Gasteiger charge is 2.32. The number of guanidine groups is 1. The lowest BCUT2D eigenvalue weighted by molar-refractivity contribution is -0.142. The van der Waals surface area contributed by atoms with Gasteiger partial charge < -0.3 is 21.3 Å². The molecule has 3 aliphatic heterocycles. The number of nitrogens with two attached hydrogens (primary N) is 1. The molecule has 0 radical (unpaired) electrons. The number of aliphatic carboxylic acids is 2. The number of aliphatic imine (C=N–C) groups is 2. The first-order valence-corrected chi connectivity index (χ1v) is 11.6. The third-order valence-corrected chi connectivity index (χ3v) is 6.91. The van der Waals surface area contributed by atoms with Gasteiger partial charge in [0.05, 0.1) is 0 Å². The van der Waals surface area contributed by atoms with Crippen LogP contribution in [0.2, 0.25) is 0 Å². The van der Waals surface area contributed by atoms with Crippen molar-refractivity contribution < 1.29 is 29.4 Å². The molecule has 3 aliphatic rings. The van der Waals surface area contributed by atoms with E-state index in [1.165, 1.54) is 0 Å². The second-order valence-electron chi connectivity index (χ2n) is 8.07. The van der Waals surface area contributed by atoms with Crippen molar-refractivity contribution in [2.24, 2.45) is 21.6 Å². The minimum atomic E-state index is -1.25. The molecule has 0 aromatic heterocycles. The summed E-state index contributed by atoms with van der Waals surface area (Å²) >= 11 is 1.63. The van der Waals surface area contributed by atoms with Gasteiger partial charge >= 0.3 is 11.9 Å². The number of rotatable bonds is 11. The Morgan fingerprint density at radius 2 is 2.00 bits per heavy atom. The van der Waals surface area contributed by atoms with Crippen LogP contribution in [0, 0.1) is 5.92 Å². The summed E-state index contributed by atoms with van der Waals surface area (Å²) in [6.45, 7) is 1.89. The summed E-state index contributed by atoms with van der Waals surface area (Å²) in [7, 11) is 0. The quantitative estimate of drug-likeness (QED) is 0.270. The van der Waals surface area contributed by atoms with E-state index in [0.29, 0.717) is 17.8 Å². The monoisotopic (exact) mass is 477 g/mol. The number of unbranched alkanes of at least 4 members (excludes halogenated alkanes) is 1. The molecule has 3 unspecified atom stereocenters. The molecule has 2 amide bonds. The highest BCUT2D eigenvalue weighted by molar-refractivity contribution is 8.01. The van der Waals surface area contributed by atoms with Gasteiger partial charge in [-0.25, -0.2) is 9.79 Å². The molecule has 178 valence electrons. The van der Waals surface area contributed by atoms with Crippen LogP contribution in [-0.4, -0.2) is 62.3 Å². The maximum Gasteiger partial charge on any atom is 0.326 e. The van der Waals surface area contributed by atoms with Gasteiger partial charge in [0.25, 0.3) is 0 Å². The predicted octanol–water partition coefficient (Wildman–Crippen LogP) is 0.768. The van der Waals surface area contributed by atoms with Crippen LogP contribution in [0.1, 0.15) is 45.4 Å². The number of nitrogens with zero attached hydrogens (tertiary/aromatic N) is 2. The summed E-state index contributed by atoms with van der Waals surface area (Å²) in [5.74, 6) is -3.06. The lowest BCUT2D eigenvalue weighted by Gasteiger charge is -2.15. The molecule has 4 atom stereocenters. The van der Waals surface area contributed by atoms with Gasteiger partial charge in [-0.15, -0.1) is 11.8 Å². The van der Waals surface area contributed by atoms with E-state index in [1.807, 2.05) is 13.0 Å². The first-order valence-electron chi connectivity index (χ1n) is 10.7. The van der Waals surface area contributed by atoms with Gasteiger partial charge in [0.2, 0.25) is 17.8 Å². The van der Waals surface area contributed by atoms with E-state index < -0.39 is 29.8 Å². The van der Waals surface area contributed by atoms with Gasteiger partial charge in [-0.1, -0.05) is 12.5 Å². The Kier molecular flexibility index (Phi) is 7.90. The van der Waals surface area contributed by atoms with Gasteiger partial charge in [0, 0.05) is 28.2 Å². The van der Waals surface area contributed by atoms with Crippen molar-refractivity contribution in [3.63, 3.8) is 0 Å². The van der Waals surface area contributed by atoms with Crippen molar-refractivity contribution in [3.8, 4) is 0 Å². The number of carbonyl (C=O) groups is 4. The Labute approximate surface area is 194 Å². The fraction of sp³-hybridized carbons (Fsp3) is 0.524. The molecule has 0 aromatic rings. The fourth-order valence-electron chi connectivity index (χ4n) is 3.84. The molecule has 6 N–H and O–H groups in total. The molecule has 33 heavy (non-hydrogen) atoms. The van der Waals surface area contributed by atoms with Crippen LogP contribution in [0.4, 0.5) is 0 Å². The zero-order valence-corrected chi connectivity index (χ0v) is 18.9. The first-order chi connectivity index (χ1) is 15.6. The van der Waals surface area contributed by atoms with Crippen LogP contribution in [0.15, 0.2) is 33.4 Å². The maximum atomic E-state index is 12.6. The summed E-state index contributed by atoms with van der Waals surface area (Å²) in [6, 6.07) is -1.24. The third kappa shape index (κ3) is 6.44. The molecule has 3 rings (SSSR count). The average Bonchev–Trinajstić information content (AvgIpc) is 3.31. The van der Waals surface area contributed by atoms with Crippen LogP contribution in [0.3, 0.4) is 0 Å². The number of amides is 2. The summed E-state index contributed by atoms with van der Waals surface area (Å²) in [5.41, 5.74) is 6.88. The Morgan fingerprint density at radius 3 is 2.70 bits per heavy atom. The Hall–Kier alpha value is -3.15. The number of fused-ring (bicyclic) bond motifs is 1. The zero-order valence-electron chi connectivity index (χ0n) is 18.1. The lowest BCUT2D eigenvalue weighted by Crippen LogP contribution is -2.46. The van der Waals surface area contributed by atoms with Gasteiger partial charge in [-0.3, -0.25) is 19.7 Å². The molecular weight excluding hydrogens is 450 g/mol. The second kappa shape index (κ2) is 10.6. The van der Waals surface area contributed by atoms with Crippen LogP contribution in [0.5, 0.6) is 0 Å². The number of carboxylic acid groups (broad SMARTS) is 2. The van der Waals surface area contributed by atoms with E-state index in [2.05, 4.69) is 20.6 Å². The van der Waals surface area contributed by atoms with Crippen molar-refractivity contribution in [1.29, 1.82) is 0 Å². The fourth-order valence-corrected chi connectivity index (χ4v) is 5.23. The highest BCUT2D eigenvalue weighted by atomic mass is 32.2. The SMILES string of the molecule is CC1SC(CCCCC2=CC3C(=O)NC(N)=NC3=N2)C=C1C(=O)N[C@@H](CCC(=O)O)C(=O)O. The van der Waals surface area contributed by atoms with Crippen molar-refractivity contribution in [1.82, 2.24) is 10.6 Å². The normalized spacial score (nSPS) is 24.6. The minimum absolute atomic E-state index is 0.0558. The number of nitrogens with one attached hydrogen (secondary N) is 2. The minimum Gasteiger partial charge on any atom is -0.481 e. The molecule has 12 heteroatoms. The smallest absolute Gasteiger partial charge is 0.326 e. The largest absolute Gasteiger partial charge is 0.481 e. The van der Waals surface area contributed by atoms with E-state index in [1.54, 1.807) is 17.8 Å². The van der Waals surface area contributed by atoms with Crippen molar-refractivity contribution in [2.45, 2.75) is 62.0 Å². The standard InChI is InChI=1S/C21H27N5O6S/c1-10-13(18(29)24-15(20(31)32)6-7-16(27)28)9-12(33-10)5-3-2-4-11-8-14-17(23-11)25-21(22)26-19(14)30/h8-10,12,14-15H,2-7H2,1H3,(H,24,29)(H,27,28)(H,31,32)(H3,22,23,25,26,30)/t10?,12?,14?,15-/m0/s1. The van der Waals surface area contributed by atoms with E-state index >= 15 is 0 Å². The lowest BCUT2D eigenvalue weighted by atomic mass is 10.0. The predicted molar refractivity (Wildman–Crippen MR) is 123 cm³/mol. The van der Waals surface area contributed by atoms with Gasteiger partial charge in [0.15, 0.2) is 0 Å². The van der Waals surface area contributed by atoms with Crippen molar-refractivity contribution >= 4 is 47.3 Å². The number of hydrogen-bond donors (Lipinski definition) is 5. The molecule has 0 aromatic carbocycles. The number of thioether (sulfide) groups is 1. The zero-order chi connectivity index (χ0) is 24.1. The second-order valence-corrected chi connectivity index (χ2v) is 9.66. The summed E-state index contributed by atoms with van der Waals surface area (Å²) in [6.07, 6.45) is 6.45. The summed E-state index contributed by atoms with van der Waals surface area (Å²) in [4.78, 5) is 55.0. The number of carbonyl (C=O) groups excluding carboxylic acids is 2. The Morgan fingerprint density at radius 1 is 1.24 bits per heavy atom. The van der Waals surface area contributed by atoms with Crippen LogP contribution in [-0.2, 0) is 19.2 Å². The molecule has 11 nitrogen and oxygen atoms in total. The van der Waals surface area contributed by atoms with Crippen LogP contribution in [0.25, 0.3) is 0 Å². The summed E-state index contributed by atoms with van der Waals surface area (Å²) < 4.78 is 0. The summed E-state index contributed by atoms with van der Waals surface area (Å²) in [5, 5.41) is 23.0. The maximum absolute atomic E-state index is 12.6. The molecule has 0 aliphatic carbocycles. The topological polar surface area (TPSA) is 184 Å². The van der Waals surface area contributed by atoms with E-state index in [4.69, 9.17) is 10.8 Å². The molecular formula is C21H27N5O6S. The number of allylic oxidation sites excluding steroid dienone is 1. The van der Waals surface area contributed by atoms with E-state index in [9.17, 15) is 24.3 Å². The van der Waals surface area contributed by atoms with E-state index in [-0.39, 0.29) is 35.2 Å². The molecule has 0 bridgehead atoms. The van der Waals surface area contributed by atoms with Crippen LogP contribution >= 0.6 is 11.8 Å². The number of hydrogen-bond acceptors (Lipinski definition) is 8. The molecule has 0 spiro atoms. The van der Waals surface area contributed by atoms with Crippen molar-refractivity contribution in [3.05, 3.63) is 23.4 Å². The average molecular weight is 478 g/mol.